The highest BCUT2D eigenvalue weighted by molar-refractivity contribution is 6.08. The van der Waals surface area contributed by atoms with E-state index in [2.05, 4.69) is 0 Å². The van der Waals surface area contributed by atoms with Gasteiger partial charge in [0.1, 0.15) is 11.8 Å². The number of carbonyl (C=O) groups is 1. The molecule has 1 aromatic carbocycles. The van der Waals surface area contributed by atoms with Crippen LogP contribution in [0.3, 0.4) is 0 Å². The number of rotatable bonds is 8. The summed E-state index contributed by atoms with van der Waals surface area (Å²) in [5.41, 5.74) is 1.41. The summed E-state index contributed by atoms with van der Waals surface area (Å²) >= 11 is 0. The number of aliphatic hydroxyl groups is 1. The van der Waals surface area contributed by atoms with Crippen molar-refractivity contribution in [3.8, 4) is 0 Å². The first kappa shape index (κ1) is 14.8. The minimum absolute atomic E-state index is 0.0830. The maximum Gasteiger partial charge on any atom is 0.180 e. The molecule has 108 valence electrons. The summed E-state index contributed by atoms with van der Waals surface area (Å²) in [4.78, 5) is 14.3. The standard InChI is InChI=1S/C16H21NO3/c1-17(9-5-2-6-10-18)11-15(19)14-12-20-16-8-4-3-7-13(14)16/h3-4,7-8,12,18H,2,5-6,9-11H2,1H3. The summed E-state index contributed by atoms with van der Waals surface area (Å²) in [6.45, 7) is 1.49. The van der Waals surface area contributed by atoms with Crippen molar-refractivity contribution >= 4 is 16.8 Å². The van der Waals surface area contributed by atoms with Gasteiger partial charge in [-0.3, -0.25) is 9.69 Å². The Morgan fingerprint density at radius 3 is 2.85 bits per heavy atom. The van der Waals surface area contributed by atoms with Crippen LogP contribution in [-0.2, 0) is 0 Å². The third kappa shape index (κ3) is 3.68. The largest absolute Gasteiger partial charge is 0.464 e. The number of furan rings is 1. The number of hydrogen-bond donors (Lipinski definition) is 1. The van der Waals surface area contributed by atoms with Gasteiger partial charge in [-0.05, 0) is 38.9 Å². The maximum atomic E-state index is 12.3. The number of aliphatic hydroxyl groups excluding tert-OH is 1. The topological polar surface area (TPSA) is 53.7 Å². The normalized spacial score (nSPS) is 11.3. The van der Waals surface area contributed by atoms with E-state index < -0.39 is 0 Å². The molecule has 0 unspecified atom stereocenters. The van der Waals surface area contributed by atoms with E-state index in [-0.39, 0.29) is 12.4 Å². The first-order valence-corrected chi connectivity index (χ1v) is 7.01. The van der Waals surface area contributed by atoms with Crippen molar-refractivity contribution in [2.24, 2.45) is 0 Å². The van der Waals surface area contributed by atoms with Crippen LogP contribution < -0.4 is 0 Å². The maximum absolute atomic E-state index is 12.3. The van der Waals surface area contributed by atoms with Gasteiger partial charge >= 0.3 is 0 Å². The lowest BCUT2D eigenvalue weighted by atomic mass is 10.1. The van der Waals surface area contributed by atoms with Gasteiger partial charge in [-0.25, -0.2) is 0 Å². The Morgan fingerprint density at radius 2 is 2.05 bits per heavy atom. The molecule has 1 N–H and O–H groups in total. The second-order valence-electron chi connectivity index (χ2n) is 5.09. The lowest BCUT2D eigenvalue weighted by molar-refractivity contribution is 0.0946. The lowest BCUT2D eigenvalue weighted by Gasteiger charge is -2.14. The van der Waals surface area contributed by atoms with E-state index in [0.717, 1.165) is 36.8 Å². The van der Waals surface area contributed by atoms with Crippen molar-refractivity contribution in [2.45, 2.75) is 19.3 Å². The third-order valence-electron chi connectivity index (χ3n) is 3.39. The monoisotopic (exact) mass is 275 g/mol. The molecule has 0 spiro atoms. The summed E-state index contributed by atoms with van der Waals surface area (Å²) in [5.74, 6) is 0.0830. The van der Waals surface area contributed by atoms with Gasteiger partial charge in [-0.2, -0.15) is 0 Å². The van der Waals surface area contributed by atoms with Gasteiger partial charge in [0.15, 0.2) is 5.78 Å². The van der Waals surface area contributed by atoms with Crippen LogP contribution in [0.15, 0.2) is 34.9 Å². The van der Waals surface area contributed by atoms with E-state index in [4.69, 9.17) is 9.52 Å². The molecule has 20 heavy (non-hydrogen) atoms. The molecule has 4 nitrogen and oxygen atoms in total. The summed E-state index contributed by atoms with van der Waals surface area (Å²) in [7, 11) is 1.94. The van der Waals surface area contributed by atoms with Gasteiger partial charge < -0.3 is 9.52 Å². The van der Waals surface area contributed by atoms with E-state index in [9.17, 15) is 4.79 Å². The second kappa shape index (κ2) is 7.22. The molecule has 1 heterocycles. The minimum atomic E-state index is 0.0830. The van der Waals surface area contributed by atoms with Crippen LogP contribution in [0.1, 0.15) is 29.6 Å². The average Bonchev–Trinajstić information content (AvgIpc) is 2.87. The molecule has 0 bridgehead atoms. The van der Waals surface area contributed by atoms with Crippen LogP contribution in [0.4, 0.5) is 0 Å². The smallest absolute Gasteiger partial charge is 0.180 e. The Kier molecular flexibility index (Phi) is 5.32. The highest BCUT2D eigenvalue weighted by Gasteiger charge is 2.14. The molecule has 0 fully saturated rings. The predicted molar refractivity (Wildman–Crippen MR) is 79.0 cm³/mol. The fourth-order valence-corrected chi connectivity index (χ4v) is 2.27. The quantitative estimate of drug-likeness (QED) is 0.594. The van der Waals surface area contributed by atoms with Crippen molar-refractivity contribution < 1.29 is 14.3 Å². The Morgan fingerprint density at radius 1 is 1.25 bits per heavy atom. The van der Waals surface area contributed by atoms with Crippen molar-refractivity contribution in [1.29, 1.82) is 0 Å². The average molecular weight is 275 g/mol. The van der Waals surface area contributed by atoms with Gasteiger partial charge in [-0.1, -0.05) is 18.2 Å². The molecule has 4 heteroatoms. The van der Waals surface area contributed by atoms with Crippen LogP contribution in [0.25, 0.3) is 11.0 Å². The first-order chi connectivity index (χ1) is 9.72. The molecular formula is C16H21NO3. The van der Waals surface area contributed by atoms with Crippen LogP contribution in [0, 0.1) is 0 Å². The molecular weight excluding hydrogens is 254 g/mol. The Labute approximate surface area is 119 Å². The van der Waals surface area contributed by atoms with Crippen LogP contribution >= 0.6 is 0 Å². The highest BCUT2D eigenvalue weighted by atomic mass is 16.3. The number of nitrogens with zero attached hydrogens (tertiary/aromatic N) is 1. The van der Waals surface area contributed by atoms with Crippen LogP contribution in [0.2, 0.25) is 0 Å². The SMILES string of the molecule is CN(CCCCCO)CC(=O)c1coc2ccccc12. The first-order valence-electron chi connectivity index (χ1n) is 7.01. The molecule has 0 saturated heterocycles. The Balaban J connectivity index is 1.91. The number of benzene rings is 1. The Hall–Kier alpha value is -1.65. The van der Waals surface area contributed by atoms with Gasteiger partial charge in [0.2, 0.25) is 0 Å². The zero-order valence-electron chi connectivity index (χ0n) is 11.8. The molecule has 0 radical (unpaired) electrons. The molecule has 0 aliphatic rings. The van der Waals surface area contributed by atoms with Gasteiger partial charge in [0.25, 0.3) is 0 Å². The predicted octanol–water partition coefficient (Wildman–Crippen LogP) is 2.71. The number of Topliss-reactive ketones (excluding diaryl/α,β-unsaturated/α-hetero) is 1. The zero-order chi connectivity index (χ0) is 14.4. The fourth-order valence-electron chi connectivity index (χ4n) is 2.27. The molecule has 1 aromatic heterocycles. The number of likely N-dealkylation sites (N-methyl/N-ethyl adjacent to an activating group) is 1. The van der Waals surface area contributed by atoms with Gasteiger partial charge in [0, 0.05) is 12.0 Å². The van der Waals surface area contributed by atoms with E-state index in [0.29, 0.717) is 12.1 Å². The number of fused-ring (bicyclic) bond motifs is 1. The van der Waals surface area contributed by atoms with E-state index in [1.54, 1.807) is 6.26 Å². The molecule has 2 aromatic rings. The summed E-state index contributed by atoms with van der Waals surface area (Å²) < 4.78 is 5.40. The molecule has 0 aliphatic carbocycles. The molecule has 0 saturated carbocycles. The minimum Gasteiger partial charge on any atom is -0.464 e. The third-order valence-corrected chi connectivity index (χ3v) is 3.39. The van der Waals surface area contributed by atoms with Crippen molar-refractivity contribution in [2.75, 3.05) is 26.7 Å². The van der Waals surface area contributed by atoms with Crippen LogP contribution in [-0.4, -0.2) is 42.5 Å². The van der Waals surface area contributed by atoms with Crippen molar-refractivity contribution in [3.63, 3.8) is 0 Å². The van der Waals surface area contributed by atoms with E-state index in [1.165, 1.54) is 0 Å². The molecule has 2 rings (SSSR count). The summed E-state index contributed by atoms with van der Waals surface area (Å²) in [6, 6.07) is 7.58. The number of unbranched alkanes of at least 4 members (excludes halogenated alkanes) is 2. The lowest BCUT2D eigenvalue weighted by Crippen LogP contribution is -2.26. The number of para-hydroxylation sites is 1. The zero-order valence-corrected chi connectivity index (χ0v) is 11.8. The van der Waals surface area contributed by atoms with Crippen molar-refractivity contribution in [3.05, 3.63) is 36.1 Å². The van der Waals surface area contributed by atoms with E-state index in [1.807, 2.05) is 36.2 Å². The van der Waals surface area contributed by atoms with Gasteiger partial charge in [0.05, 0.1) is 12.1 Å². The fraction of sp³-hybridized carbons (Fsp3) is 0.438. The molecule has 0 aliphatic heterocycles. The van der Waals surface area contributed by atoms with E-state index >= 15 is 0 Å². The highest BCUT2D eigenvalue weighted by Crippen LogP contribution is 2.21. The van der Waals surface area contributed by atoms with Gasteiger partial charge in [-0.15, -0.1) is 0 Å². The summed E-state index contributed by atoms with van der Waals surface area (Å²) in [6.07, 6.45) is 4.36. The summed E-state index contributed by atoms with van der Waals surface area (Å²) in [5, 5.41) is 9.61. The number of hydrogen-bond acceptors (Lipinski definition) is 4. The number of ketones is 1. The van der Waals surface area contributed by atoms with Crippen LogP contribution in [0.5, 0.6) is 0 Å². The van der Waals surface area contributed by atoms with Crippen molar-refractivity contribution in [1.82, 2.24) is 4.90 Å². The molecule has 0 atom stereocenters. The second-order valence-corrected chi connectivity index (χ2v) is 5.09. The number of carbonyl (C=O) groups excluding carboxylic acids is 1. The molecule has 0 amide bonds. The Bertz CT molecular complexity index is 562.